The largest absolute Gasteiger partial charge is 0.292 e. The first-order chi connectivity index (χ1) is 10.1. The van der Waals surface area contributed by atoms with Crippen molar-refractivity contribution in [3.63, 3.8) is 0 Å². The van der Waals surface area contributed by atoms with Crippen molar-refractivity contribution in [2.24, 2.45) is 0 Å². The number of carbonyl (C=O) groups is 1. The molecule has 0 aliphatic carbocycles. The summed E-state index contributed by atoms with van der Waals surface area (Å²) in [6, 6.07) is -0.956. The average Bonchev–Trinajstić information content (AvgIpc) is 2.46. The maximum absolute atomic E-state index is 11.9. The van der Waals surface area contributed by atoms with Crippen molar-refractivity contribution in [2.75, 3.05) is 0 Å². The average molecular weight is 299 g/mol. The van der Waals surface area contributed by atoms with Crippen molar-refractivity contribution in [3.8, 4) is 0 Å². The first-order valence-corrected chi connectivity index (χ1v) is 8.79. The van der Waals surface area contributed by atoms with Crippen LogP contribution < -0.4 is 0 Å². The molecule has 124 valence electrons. The molecular formula is C17H33NO3. The van der Waals surface area contributed by atoms with Gasteiger partial charge in [0.25, 0.3) is 6.04 Å². The van der Waals surface area contributed by atoms with E-state index in [1.165, 1.54) is 25.7 Å². The van der Waals surface area contributed by atoms with Crippen LogP contribution in [0, 0.1) is 10.1 Å². The van der Waals surface area contributed by atoms with E-state index < -0.39 is 6.04 Å². The van der Waals surface area contributed by atoms with Crippen LogP contribution in [0.1, 0.15) is 97.3 Å². The highest BCUT2D eigenvalue weighted by Gasteiger charge is 2.27. The molecule has 0 aliphatic rings. The topological polar surface area (TPSA) is 60.2 Å². The fraction of sp³-hybridized carbons (Fsp3) is 0.941. The van der Waals surface area contributed by atoms with Crippen LogP contribution in [0.15, 0.2) is 0 Å². The van der Waals surface area contributed by atoms with Crippen LogP contribution in [-0.4, -0.2) is 16.7 Å². The van der Waals surface area contributed by atoms with Gasteiger partial charge in [0, 0.05) is 17.8 Å². The number of Topliss-reactive ketones (excluding diaryl/α,β-unsaturated/α-hetero) is 1. The minimum Gasteiger partial charge on any atom is -0.292 e. The zero-order valence-electron chi connectivity index (χ0n) is 13.9. The Labute approximate surface area is 129 Å². The summed E-state index contributed by atoms with van der Waals surface area (Å²) in [6.45, 7) is 4.30. The zero-order valence-corrected chi connectivity index (χ0v) is 13.9. The number of hydrogen-bond acceptors (Lipinski definition) is 3. The molecule has 0 aliphatic heterocycles. The predicted octanol–water partition coefficient (Wildman–Crippen LogP) is 5.31. The van der Waals surface area contributed by atoms with Crippen LogP contribution in [0.4, 0.5) is 0 Å². The third-order valence-corrected chi connectivity index (χ3v) is 3.98. The number of nitrogens with zero attached hydrogens (tertiary/aromatic N) is 1. The minimum absolute atomic E-state index is 0.165. The number of carbonyl (C=O) groups excluding carboxylic acids is 1. The van der Waals surface area contributed by atoms with Crippen LogP contribution in [-0.2, 0) is 4.79 Å². The molecule has 4 heteroatoms. The molecule has 0 bridgehead atoms. The Hall–Kier alpha value is -0.930. The van der Waals surface area contributed by atoms with Crippen LogP contribution in [0.5, 0.6) is 0 Å². The highest BCUT2D eigenvalue weighted by Crippen LogP contribution is 2.14. The molecule has 1 unspecified atom stereocenters. The first-order valence-electron chi connectivity index (χ1n) is 8.79. The maximum Gasteiger partial charge on any atom is 0.270 e. The minimum atomic E-state index is -0.956. The van der Waals surface area contributed by atoms with Gasteiger partial charge in [-0.05, 0) is 12.8 Å². The first kappa shape index (κ1) is 20.1. The third-order valence-electron chi connectivity index (χ3n) is 3.98. The molecule has 0 saturated carbocycles. The molecule has 0 spiro atoms. The number of hydrogen-bond donors (Lipinski definition) is 0. The number of nitro groups is 1. The summed E-state index contributed by atoms with van der Waals surface area (Å²) in [4.78, 5) is 22.6. The molecule has 0 fully saturated rings. The molecule has 4 nitrogen and oxygen atoms in total. The second-order valence-corrected chi connectivity index (χ2v) is 5.99. The summed E-state index contributed by atoms with van der Waals surface area (Å²) in [5.74, 6) is -0.165. The maximum atomic E-state index is 11.9. The normalized spacial score (nSPS) is 12.3. The van der Waals surface area contributed by atoms with Crippen LogP contribution in [0.2, 0.25) is 0 Å². The predicted molar refractivity (Wildman–Crippen MR) is 87.2 cm³/mol. The Morgan fingerprint density at radius 3 is 1.86 bits per heavy atom. The van der Waals surface area contributed by atoms with Crippen LogP contribution >= 0.6 is 0 Å². The van der Waals surface area contributed by atoms with Gasteiger partial charge in [-0.1, -0.05) is 71.6 Å². The Kier molecular flexibility index (Phi) is 13.4. The highest BCUT2D eigenvalue weighted by molar-refractivity contribution is 5.82. The summed E-state index contributed by atoms with van der Waals surface area (Å²) in [5, 5.41) is 11.0. The van der Waals surface area contributed by atoms with Crippen molar-refractivity contribution < 1.29 is 9.72 Å². The monoisotopic (exact) mass is 299 g/mol. The molecule has 0 amide bonds. The SMILES string of the molecule is CCCCCCCCCC(C(=O)CCCCCC)[N+](=O)[O-]. The summed E-state index contributed by atoms with van der Waals surface area (Å²) in [5.41, 5.74) is 0. The van der Waals surface area contributed by atoms with E-state index in [0.29, 0.717) is 12.8 Å². The number of ketones is 1. The molecular weight excluding hydrogens is 266 g/mol. The third kappa shape index (κ3) is 11.4. The standard InChI is InChI=1S/C17H33NO3/c1-3-5-7-9-10-11-12-14-16(18(20)21)17(19)15-13-8-6-4-2/h16H,3-15H2,1-2H3. The van der Waals surface area contributed by atoms with E-state index in [9.17, 15) is 14.9 Å². The van der Waals surface area contributed by atoms with Crippen molar-refractivity contribution in [1.82, 2.24) is 0 Å². The zero-order chi connectivity index (χ0) is 15.9. The van der Waals surface area contributed by atoms with Gasteiger partial charge in [0.1, 0.15) is 0 Å². The lowest BCUT2D eigenvalue weighted by Gasteiger charge is -2.08. The van der Waals surface area contributed by atoms with Crippen molar-refractivity contribution >= 4 is 5.78 Å². The van der Waals surface area contributed by atoms with Gasteiger partial charge in [-0.15, -0.1) is 0 Å². The van der Waals surface area contributed by atoms with Gasteiger partial charge in [0.15, 0.2) is 0 Å². The van der Waals surface area contributed by atoms with Gasteiger partial charge in [-0.2, -0.15) is 0 Å². The summed E-state index contributed by atoms with van der Waals surface area (Å²) in [7, 11) is 0. The lowest BCUT2D eigenvalue weighted by molar-refractivity contribution is -0.508. The van der Waals surface area contributed by atoms with Gasteiger partial charge in [0.05, 0.1) is 0 Å². The van der Waals surface area contributed by atoms with Gasteiger partial charge in [-0.25, -0.2) is 0 Å². The van der Waals surface area contributed by atoms with E-state index >= 15 is 0 Å². The van der Waals surface area contributed by atoms with Crippen LogP contribution in [0.25, 0.3) is 0 Å². The number of unbranched alkanes of at least 4 members (excludes halogenated alkanes) is 9. The smallest absolute Gasteiger partial charge is 0.270 e. The van der Waals surface area contributed by atoms with Gasteiger partial charge >= 0.3 is 0 Å². The fourth-order valence-corrected chi connectivity index (χ4v) is 2.57. The Balaban J connectivity index is 3.80. The van der Waals surface area contributed by atoms with E-state index in [2.05, 4.69) is 13.8 Å². The summed E-state index contributed by atoms with van der Waals surface area (Å²) >= 11 is 0. The molecule has 0 rings (SSSR count). The molecule has 0 heterocycles. The van der Waals surface area contributed by atoms with E-state index in [1.807, 2.05) is 0 Å². The lowest BCUT2D eigenvalue weighted by atomic mass is 9.99. The van der Waals surface area contributed by atoms with Gasteiger partial charge in [0.2, 0.25) is 5.78 Å². The van der Waals surface area contributed by atoms with E-state index in [1.54, 1.807) is 0 Å². The fourth-order valence-electron chi connectivity index (χ4n) is 2.57. The second kappa shape index (κ2) is 14.0. The highest BCUT2D eigenvalue weighted by atomic mass is 16.6. The van der Waals surface area contributed by atoms with Crippen LogP contribution in [0.3, 0.4) is 0 Å². The Bertz CT molecular complexity index is 279. The Morgan fingerprint density at radius 1 is 0.857 bits per heavy atom. The Morgan fingerprint density at radius 2 is 1.33 bits per heavy atom. The van der Waals surface area contributed by atoms with Crippen molar-refractivity contribution in [2.45, 2.75) is 103 Å². The molecule has 0 aromatic rings. The molecule has 0 saturated heterocycles. The van der Waals surface area contributed by atoms with E-state index in [0.717, 1.165) is 44.9 Å². The van der Waals surface area contributed by atoms with E-state index in [-0.39, 0.29) is 10.7 Å². The number of rotatable bonds is 15. The lowest BCUT2D eigenvalue weighted by Crippen LogP contribution is -2.29. The van der Waals surface area contributed by atoms with Gasteiger partial charge in [-0.3, -0.25) is 14.9 Å². The van der Waals surface area contributed by atoms with Crippen molar-refractivity contribution in [1.29, 1.82) is 0 Å². The molecule has 21 heavy (non-hydrogen) atoms. The summed E-state index contributed by atoms with van der Waals surface area (Å²) in [6.07, 6.45) is 12.7. The molecule has 0 radical (unpaired) electrons. The molecule has 0 N–H and O–H groups in total. The van der Waals surface area contributed by atoms with Crippen molar-refractivity contribution in [3.05, 3.63) is 10.1 Å². The molecule has 0 aromatic carbocycles. The second-order valence-electron chi connectivity index (χ2n) is 5.99. The molecule has 1 atom stereocenters. The summed E-state index contributed by atoms with van der Waals surface area (Å²) < 4.78 is 0. The molecule has 0 aromatic heterocycles. The quantitative estimate of drug-likeness (QED) is 0.234. The van der Waals surface area contributed by atoms with E-state index in [4.69, 9.17) is 0 Å². The van der Waals surface area contributed by atoms with Gasteiger partial charge < -0.3 is 0 Å².